The van der Waals surface area contributed by atoms with Crippen LogP contribution in [-0.2, 0) is 14.4 Å². The van der Waals surface area contributed by atoms with Gasteiger partial charge in [0.15, 0.2) is 12.1 Å². The van der Waals surface area contributed by atoms with Gasteiger partial charge in [0.2, 0.25) is 0 Å². The molecule has 0 aliphatic carbocycles. The Hall–Kier alpha value is -1.89. The molecule has 0 saturated carbocycles. The van der Waals surface area contributed by atoms with Crippen molar-refractivity contribution < 1.29 is 34.2 Å². The average molecular weight is 540 g/mol. The van der Waals surface area contributed by atoms with E-state index in [1.54, 1.807) is 0 Å². The Balaban J connectivity index is 5.30. The molecule has 0 rings (SSSR count). The number of unbranched alkanes of at least 4 members (excludes halogenated alkanes) is 10. The van der Waals surface area contributed by atoms with Crippen LogP contribution in [0.4, 0.5) is 0 Å². The predicted octanol–water partition coefficient (Wildman–Crippen LogP) is 6.49. The highest BCUT2D eigenvalue weighted by molar-refractivity contribution is 5.77. The summed E-state index contributed by atoms with van der Waals surface area (Å²) >= 11 is 0. The minimum atomic E-state index is -1.34. The zero-order chi connectivity index (χ0) is 28.8. The van der Waals surface area contributed by atoms with Crippen molar-refractivity contribution in [2.24, 2.45) is 0 Å². The Morgan fingerprint density at radius 2 is 1.03 bits per heavy atom. The van der Waals surface area contributed by atoms with Gasteiger partial charge in [-0.25, -0.2) is 9.59 Å². The average Bonchev–Trinajstić information content (AvgIpc) is 2.87. The van der Waals surface area contributed by atoms with Crippen molar-refractivity contribution in [1.29, 1.82) is 0 Å². The molecule has 0 aromatic heterocycles. The van der Waals surface area contributed by atoms with Gasteiger partial charge in [-0.1, -0.05) is 91.2 Å². The first-order valence-electron chi connectivity index (χ1n) is 15.4. The molecule has 222 valence electrons. The number of rotatable bonds is 26. The normalized spacial score (nSPS) is 15.7. The van der Waals surface area contributed by atoms with E-state index < -0.39 is 40.5 Å². The fraction of sp³-hybridized carbons (Fsp3) is 0.839. The monoisotopic (exact) mass is 539 g/mol. The summed E-state index contributed by atoms with van der Waals surface area (Å²) in [7, 11) is 0. The van der Waals surface area contributed by atoms with E-state index >= 15 is 0 Å². The minimum absolute atomic E-state index is 0.207. The third kappa shape index (κ3) is 12.8. The maximum atomic E-state index is 12.5. The summed E-state index contributed by atoms with van der Waals surface area (Å²) in [6.45, 7) is 7.95. The van der Waals surface area contributed by atoms with Gasteiger partial charge in [0, 0.05) is 19.3 Å². The van der Waals surface area contributed by atoms with Crippen LogP contribution in [-0.4, -0.2) is 57.3 Å². The van der Waals surface area contributed by atoms with Crippen molar-refractivity contribution in [2.45, 2.75) is 161 Å². The lowest BCUT2D eigenvalue weighted by Gasteiger charge is -2.52. The second-order valence-electron chi connectivity index (χ2n) is 10.8. The molecular formula is C31H57NO6. The second kappa shape index (κ2) is 22.0. The topological polar surface area (TPSA) is 115 Å². The lowest BCUT2D eigenvalue weighted by Crippen LogP contribution is -2.74. The van der Waals surface area contributed by atoms with Gasteiger partial charge in [-0.05, 0) is 44.9 Å². The highest BCUT2D eigenvalue weighted by atomic mass is 16.4. The molecule has 0 aliphatic rings. The van der Waals surface area contributed by atoms with Gasteiger partial charge in [0.05, 0.1) is 12.5 Å². The van der Waals surface area contributed by atoms with Gasteiger partial charge in [0.1, 0.15) is 6.04 Å². The Bertz CT molecular complexity index is 617. The van der Waals surface area contributed by atoms with Crippen molar-refractivity contribution in [3.8, 4) is 0 Å². The van der Waals surface area contributed by atoms with Crippen LogP contribution >= 0.6 is 0 Å². The molecule has 0 fully saturated rings. The van der Waals surface area contributed by atoms with Gasteiger partial charge in [-0.15, -0.1) is 0 Å². The van der Waals surface area contributed by atoms with E-state index in [2.05, 4.69) is 19.1 Å². The largest absolute Gasteiger partial charge is 0.544 e. The van der Waals surface area contributed by atoms with E-state index in [1.807, 2.05) is 20.8 Å². The van der Waals surface area contributed by atoms with Crippen molar-refractivity contribution in [1.82, 2.24) is 0 Å². The molecule has 38 heavy (non-hydrogen) atoms. The molecule has 0 radical (unpaired) electrons. The summed E-state index contributed by atoms with van der Waals surface area (Å²) in [4.78, 5) is 37.5. The van der Waals surface area contributed by atoms with Crippen LogP contribution in [0.2, 0.25) is 0 Å². The van der Waals surface area contributed by atoms with Gasteiger partial charge < -0.3 is 20.1 Å². The summed E-state index contributed by atoms with van der Waals surface area (Å²) in [6.07, 6.45) is 20.0. The molecule has 0 aromatic carbocycles. The molecule has 2 N–H and O–H groups in total. The molecule has 3 unspecified atom stereocenters. The number of carbonyl (C=O) groups excluding carboxylic acids is 1. The number of quaternary nitrogens is 1. The third-order valence-electron chi connectivity index (χ3n) is 7.84. The number of aliphatic carboxylic acids is 3. The number of carboxylic acid groups (broad SMARTS) is 3. The summed E-state index contributed by atoms with van der Waals surface area (Å²) in [5, 5.41) is 32.9. The Kier molecular flexibility index (Phi) is 20.9. The SMILES string of the molecule is CC/C=C/CCCCCCCCCCCC[N+](C(CCC)C(=O)[O-])(C(CCC)C(=O)O)C(CCC)C(=O)O. The van der Waals surface area contributed by atoms with Crippen molar-refractivity contribution in [3.63, 3.8) is 0 Å². The number of carboxylic acids is 3. The highest BCUT2D eigenvalue weighted by Crippen LogP contribution is 2.34. The zero-order valence-electron chi connectivity index (χ0n) is 24.8. The van der Waals surface area contributed by atoms with E-state index in [1.165, 1.54) is 38.5 Å². The molecule has 0 aliphatic heterocycles. The summed E-state index contributed by atoms with van der Waals surface area (Å²) in [6, 6.07) is -3.32. The Morgan fingerprint density at radius 3 is 1.39 bits per heavy atom. The van der Waals surface area contributed by atoms with Gasteiger partial charge in [0.25, 0.3) is 0 Å². The zero-order valence-corrected chi connectivity index (χ0v) is 24.8. The molecule has 0 amide bonds. The van der Waals surface area contributed by atoms with Gasteiger partial charge in [-0.3, -0.25) is 4.48 Å². The number of nitrogens with zero attached hydrogens (tertiary/aromatic N) is 1. The second-order valence-corrected chi connectivity index (χ2v) is 10.8. The minimum Gasteiger partial charge on any atom is -0.544 e. The van der Waals surface area contributed by atoms with Crippen LogP contribution in [0.1, 0.15) is 143 Å². The first-order chi connectivity index (χ1) is 18.2. The van der Waals surface area contributed by atoms with Gasteiger partial charge in [-0.2, -0.15) is 0 Å². The van der Waals surface area contributed by atoms with Crippen LogP contribution in [0.15, 0.2) is 12.2 Å². The number of allylic oxidation sites excluding steroid dienone is 2. The van der Waals surface area contributed by atoms with Crippen LogP contribution < -0.4 is 5.11 Å². The van der Waals surface area contributed by atoms with Gasteiger partial charge >= 0.3 is 11.9 Å². The quantitative estimate of drug-likeness (QED) is 0.0738. The summed E-state index contributed by atoms with van der Waals surface area (Å²) < 4.78 is -0.435. The first kappa shape index (κ1) is 36.1. The molecule has 7 nitrogen and oxygen atoms in total. The van der Waals surface area contributed by atoms with Crippen LogP contribution in [0.25, 0.3) is 0 Å². The van der Waals surface area contributed by atoms with E-state index in [0.29, 0.717) is 25.7 Å². The van der Waals surface area contributed by atoms with Crippen molar-refractivity contribution in [3.05, 3.63) is 12.2 Å². The van der Waals surface area contributed by atoms with Crippen molar-refractivity contribution >= 4 is 17.9 Å². The summed E-state index contributed by atoms with van der Waals surface area (Å²) in [5.74, 6) is -3.56. The lowest BCUT2D eigenvalue weighted by atomic mass is 9.91. The van der Waals surface area contributed by atoms with Crippen molar-refractivity contribution in [2.75, 3.05) is 6.54 Å². The van der Waals surface area contributed by atoms with Crippen LogP contribution in [0, 0.1) is 0 Å². The van der Waals surface area contributed by atoms with E-state index in [9.17, 15) is 29.7 Å². The number of carbonyl (C=O) groups is 3. The van der Waals surface area contributed by atoms with Crippen LogP contribution in [0.5, 0.6) is 0 Å². The molecule has 0 heterocycles. The standard InChI is InChI=1S/C31H57NO6/c1-5-9-10-11-12-13-14-15-16-17-18-19-20-21-25-32(26(22-6-2)29(33)34,27(23-7-3)30(35)36)28(24-8-4)31(37)38/h9-10,26-28H,5-8,11-25H2,1-4H3,(H2-,33,34,35,36,37,38)/b10-9+. The molecule has 0 spiro atoms. The fourth-order valence-corrected chi connectivity index (χ4v) is 5.98. The smallest absolute Gasteiger partial charge is 0.362 e. The Morgan fingerprint density at radius 1 is 0.632 bits per heavy atom. The van der Waals surface area contributed by atoms with E-state index in [4.69, 9.17) is 0 Å². The molecule has 0 bridgehead atoms. The molecular weight excluding hydrogens is 482 g/mol. The number of hydrogen-bond donors (Lipinski definition) is 2. The molecule has 0 aromatic rings. The molecule has 3 atom stereocenters. The number of hydrogen-bond acceptors (Lipinski definition) is 4. The maximum absolute atomic E-state index is 12.5. The molecule has 7 heteroatoms. The van der Waals surface area contributed by atoms with E-state index in [0.717, 1.165) is 32.1 Å². The summed E-state index contributed by atoms with van der Waals surface area (Å²) in [5.41, 5.74) is 0. The lowest BCUT2D eigenvalue weighted by molar-refractivity contribution is -0.975. The third-order valence-corrected chi connectivity index (χ3v) is 7.84. The molecule has 0 saturated heterocycles. The first-order valence-corrected chi connectivity index (χ1v) is 15.4. The Labute approximate surface area is 232 Å². The highest BCUT2D eigenvalue weighted by Gasteiger charge is 2.54. The fourth-order valence-electron chi connectivity index (χ4n) is 5.98. The predicted molar refractivity (Wildman–Crippen MR) is 152 cm³/mol. The van der Waals surface area contributed by atoms with E-state index in [-0.39, 0.29) is 25.8 Å². The maximum Gasteiger partial charge on any atom is 0.362 e. The van der Waals surface area contributed by atoms with Crippen LogP contribution in [0.3, 0.4) is 0 Å².